The van der Waals surface area contributed by atoms with Gasteiger partial charge in [-0.3, -0.25) is 0 Å². The van der Waals surface area contributed by atoms with Crippen molar-refractivity contribution in [1.82, 2.24) is 5.32 Å². The number of rotatable bonds is 4. The number of hydrogen-bond acceptors (Lipinski definition) is 3. The molecule has 0 aliphatic carbocycles. The van der Waals surface area contributed by atoms with Crippen LogP contribution in [0.3, 0.4) is 0 Å². The highest BCUT2D eigenvalue weighted by atomic mass is 32.2. The summed E-state index contributed by atoms with van der Waals surface area (Å²) < 4.78 is 0. The van der Waals surface area contributed by atoms with Crippen molar-refractivity contribution >= 4 is 23.5 Å². The van der Waals surface area contributed by atoms with Gasteiger partial charge >= 0.3 is 6.03 Å². The van der Waals surface area contributed by atoms with Crippen molar-refractivity contribution in [2.45, 2.75) is 38.2 Å². The summed E-state index contributed by atoms with van der Waals surface area (Å²) >= 11 is 1.85. The van der Waals surface area contributed by atoms with Crippen LogP contribution in [-0.4, -0.2) is 34.8 Å². The van der Waals surface area contributed by atoms with Gasteiger partial charge in [0.1, 0.15) is 0 Å². The molecule has 0 atom stereocenters. The Morgan fingerprint density at radius 1 is 1.33 bits per heavy atom. The second kappa shape index (κ2) is 7.18. The maximum Gasteiger partial charge on any atom is 0.319 e. The van der Waals surface area contributed by atoms with E-state index >= 15 is 0 Å². The molecule has 1 aliphatic rings. The summed E-state index contributed by atoms with van der Waals surface area (Å²) in [6.07, 6.45) is 1.47. The lowest BCUT2D eigenvalue weighted by atomic mass is 9.97. The van der Waals surface area contributed by atoms with E-state index in [1.54, 1.807) is 0 Å². The summed E-state index contributed by atoms with van der Waals surface area (Å²) in [5.74, 6) is 2.26. The largest absolute Gasteiger partial charge is 0.388 e. The van der Waals surface area contributed by atoms with Crippen molar-refractivity contribution < 1.29 is 9.90 Å². The SMILES string of the molecule is CC(C)c1ccccc1NC(=O)NCC1(O)CCSCC1. The van der Waals surface area contributed by atoms with E-state index in [1.165, 1.54) is 0 Å². The van der Waals surface area contributed by atoms with Crippen LogP contribution in [0.4, 0.5) is 10.5 Å². The monoisotopic (exact) mass is 308 g/mol. The van der Waals surface area contributed by atoms with E-state index in [-0.39, 0.29) is 6.03 Å². The number of amides is 2. The van der Waals surface area contributed by atoms with Crippen LogP contribution in [0.25, 0.3) is 0 Å². The van der Waals surface area contributed by atoms with Crippen LogP contribution in [0.1, 0.15) is 38.2 Å². The number of urea groups is 1. The van der Waals surface area contributed by atoms with E-state index in [2.05, 4.69) is 24.5 Å². The molecule has 5 heteroatoms. The van der Waals surface area contributed by atoms with Gasteiger partial charge in [-0.25, -0.2) is 4.79 Å². The Hall–Kier alpha value is -1.20. The Morgan fingerprint density at radius 2 is 2.00 bits per heavy atom. The summed E-state index contributed by atoms with van der Waals surface area (Å²) in [5.41, 5.74) is 1.19. The lowest BCUT2D eigenvalue weighted by molar-refractivity contribution is 0.0351. The number of nitrogens with one attached hydrogen (secondary N) is 2. The predicted octanol–water partition coefficient (Wildman–Crippen LogP) is 3.19. The molecule has 1 aromatic rings. The van der Waals surface area contributed by atoms with Gasteiger partial charge in [0, 0.05) is 12.2 Å². The number of hydrogen-bond donors (Lipinski definition) is 3. The van der Waals surface area contributed by atoms with Crippen molar-refractivity contribution in [3.8, 4) is 0 Å². The Kier molecular flexibility index (Phi) is 5.53. The fourth-order valence-corrected chi connectivity index (χ4v) is 3.71. The van der Waals surface area contributed by atoms with Crippen LogP contribution in [0, 0.1) is 0 Å². The molecule has 1 aliphatic heterocycles. The molecule has 1 saturated heterocycles. The normalized spacial score (nSPS) is 17.5. The van der Waals surface area contributed by atoms with Gasteiger partial charge in [0.2, 0.25) is 0 Å². The number of aliphatic hydroxyl groups is 1. The molecule has 0 bridgehead atoms. The molecule has 0 saturated carbocycles. The Labute approximate surface area is 130 Å². The van der Waals surface area contributed by atoms with Crippen molar-refractivity contribution in [1.29, 1.82) is 0 Å². The zero-order valence-electron chi connectivity index (χ0n) is 12.7. The Bertz CT molecular complexity index is 485. The first-order valence-electron chi connectivity index (χ1n) is 7.44. The molecule has 1 fully saturated rings. The maximum atomic E-state index is 12.0. The van der Waals surface area contributed by atoms with Crippen LogP contribution in [0.15, 0.2) is 24.3 Å². The second-order valence-electron chi connectivity index (χ2n) is 5.89. The van der Waals surface area contributed by atoms with Crippen molar-refractivity contribution in [2.75, 3.05) is 23.4 Å². The third kappa shape index (κ3) is 4.64. The van der Waals surface area contributed by atoms with Crippen molar-refractivity contribution in [2.24, 2.45) is 0 Å². The van der Waals surface area contributed by atoms with E-state index in [1.807, 2.05) is 36.0 Å². The third-order valence-electron chi connectivity index (χ3n) is 3.83. The number of benzene rings is 1. The lowest BCUT2D eigenvalue weighted by Crippen LogP contribution is -2.46. The van der Waals surface area contributed by atoms with Gasteiger partial charge in [-0.2, -0.15) is 11.8 Å². The zero-order chi connectivity index (χ0) is 15.3. The molecule has 1 aromatic carbocycles. The molecule has 0 radical (unpaired) electrons. The first-order valence-corrected chi connectivity index (χ1v) is 8.59. The number of thioether (sulfide) groups is 1. The minimum atomic E-state index is -0.750. The van der Waals surface area contributed by atoms with E-state index in [0.29, 0.717) is 12.5 Å². The molecule has 0 spiro atoms. The number of carbonyl (C=O) groups excluding carboxylic acids is 1. The van der Waals surface area contributed by atoms with Gasteiger partial charge in [0.15, 0.2) is 0 Å². The minimum Gasteiger partial charge on any atom is -0.388 e. The van der Waals surface area contributed by atoms with Crippen LogP contribution < -0.4 is 10.6 Å². The quantitative estimate of drug-likeness (QED) is 0.800. The van der Waals surface area contributed by atoms with Gasteiger partial charge in [0.25, 0.3) is 0 Å². The van der Waals surface area contributed by atoms with E-state index in [0.717, 1.165) is 35.6 Å². The molecule has 0 aromatic heterocycles. The highest BCUT2D eigenvalue weighted by Gasteiger charge is 2.29. The molecule has 0 unspecified atom stereocenters. The molecular weight excluding hydrogens is 284 g/mol. The van der Waals surface area contributed by atoms with Gasteiger partial charge in [-0.05, 0) is 41.9 Å². The van der Waals surface area contributed by atoms with Crippen molar-refractivity contribution in [3.63, 3.8) is 0 Å². The smallest absolute Gasteiger partial charge is 0.319 e. The molecule has 116 valence electrons. The summed E-state index contributed by atoms with van der Waals surface area (Å²) in [7, 11) is 0. The standard InChI is InChI=1S/C16H24N2O2S/c1-12(2)13-5-3-4-6-14(13)18-15(19)17-11-16(20)7-9-21-10-8-16/h3-6,12,20H,7-11H2,1-2H3,(H2,17,18,19). The summed E-state index contributed by atoms with van der Waals surface area (Å²) in [6, 6.07) is 7.55. The number of para-hydroxylation sites is 1. The Balaban J connectivity index is 1.90. The first kappa shape index (κ1) is 16.2. The van der Waals surface area contributed by atoms with E-state index in [4.69, 9.17) is 0 Å². The topological polar surface area (TPSA) is 61.4 Å². The van der Waals surface area contributed by atoms with Gasteiger partial charge in [0.05, 0.1) is 5.60 Å². The maximum absolute atomic E-state index is 12.0. The van der Waals surface area contributed by atoms with Crippen LogP contribution in [0.5, 0.6) is 0 Å². The average molecular weight is 308 g/mol. The lowest BCUT2D eigenvalue weighted by Gasteiger charge is -2.31. The minimum absolute atomic E-state index is 0.255. The van der Waals surface area contributed by atoms with E-state index < -0.39 is 5.60 Å². The summed E-state index contributed by atoms with van der Waals surface area (Å²) in [4.78, 5) is 12.0. The molecule has 3 N–H and O–H groups in total. The highest BCUT2D eigenvalue weighted by molar-refractivity contribution is 7.99. The number of carbonyl (C=O) groups is 1. The molecule has 2 rings (SSSR count). The molecule has 1 heterocycles. The van der Waals surface area contributed by atoms with Crippen LogP contribution in [0.2, 0.25) is 0 Å². The molecule has 2 amide bonds. The highest BCUT2D eigenvalue weighted by Crippen LogP contribution is 2.26. The molecular formula is C16H24N2O2S. The van der Waals surface area contributed by atoms with Crippen molar-refractivity contribution in [3.05, 3.63) is 29.8 Å². The fraction of sp³-hybridized carbons (Fsp3) is 0.562. The van der Waals surface area contributed by atoms with Gasteiger partial charge in [-0.15, -0.1) is 0 Å². The molecule has 4 nitrogen and oxygen atoms in total. The zero-order valence-corrected chi connectivity index (χ0v) is 13.5. The fourth-order valence-electron chi connectivity index (χ4n) is 2.45. The third-order valence-corrected chi connectivity index (χ3v) is 4.82. The second-order valence-corrected chi connectivity index (χ2v) is 7.11. The summed E-state index contributed by atoms with van der Waals surface area (Å²) in [6.45, 7) is 4.50. The Morgan fingerprint density at radius 3 is 2.67 bits per heavy atom. The average Bonchev–Trinajstić information content (AvgIpc) is 2.46. The number of anilines is 1. The predicted molar refractivity (Wildman–Crippen MR) is 89.1 cm³/mol. The van der Waals surface area contributed by atoms with Crippen LogP contribution >= 0.6 is 11.8 Å². The molecule has 21 heavy (non-hydrogen) atoms. The first-order chi connectivity index (χ1) is 10.0. The van der Waals surface area contributed by atoms with Gasteiger partial charge < -0.3 is 15.7 Å². The van der Waals surface area contributed by atoms with E-state index in [9.17, 15) is 9.90 Å². The van der Waals surface area contributed by atoms with Crippen LogP contribution in [-0.2, 0) is 0 Å². The van der Waals surface area contributed by atoms with Gasteiger partial charge in [-0.1, -0.05) is 32.0 Å². The summed E-state index contributed by atoms with van der Waals surface area (Å²) in [5, 5.41) is 16.1.